The van der Waals surface area contributed by atoms with Gasteiger partial charge in [-0.3, -0.25) is 0 Å². The summed E-state index contributed by atoms with van der Waals surface area (Å²) in [5.74, 6) is 1.03. The molecule has 1 saturated carbocycles. The lowest BCUT2D eigenvalue weighted by Gasteiger charge is -2.30. The van der Waals surface area contributed by atoms with E-state index in [0.29, 0.717) is 23.1 Å². The van der Waals surface area contributed by atoms with Crippen LogP contribution >= 0.6 is 0 Å². The summed E-state index contributed by atoms with van der Waals surface area (Å²) in [7, 11) is 0. The molecule has 116 valence electrons. The Balaban J connectivity index is 1.79. The number of benzene rings is 1. The number of phenolic OH excluding ortho intramolecular Hbond substituents is 1. The van der Waals surface area contributed by atoms with E-state index < -0.39 is 0 Å². The van der Waals surface area contributed by atoms with Crippen molar-refractivity contribution in [2.45, 2.75) is 71.3 Å². The molecule has 0 spiro atoms. The molecular weight excluding hydrogens is 258 g/mol. The molecule has 0 amide bonds. The quantitative estimate of drug-likeness (QED) is 0.833. The second-order valence-corrected chi connectivity index (χ2v) is 7.36. The van der Waals surface area contributed by atoms with Crippen molar-refractivity contribution < 1.29 is 5.11 Å². The molecule has 2 unspecified atom stereocenters. The molecule has 0 bridgehead atoms. The minimum atomic E-state index is 0.332. The summed E-state index contributed by atoms with van der Waals surface area (Å²) in [6, 6.07) is 4.25. The first kappa shape index (κ1) is 14.9. The van der Waals surface area contributed by atoms with Crippen molar-refractivity contribution in [2.24, 2.45) is 5.41 Å². The predicted molar refractivity (Wildman–Crippen MR) is 87.8 cm³/mol. The van der Waals surface area contributed by atoms with E-state index in [1.165, 1.54) is 48.8 Å². The highest BCUT2D eigenvalue weighted by atomic mass is 16.3. The zero-order chi connectivity index (χ0) is 15.0. The summed E-state index contributed by atoms with van der Waals surface area (Å²) in [5, 5.41) is 14.1. The van der Waals surface area contributed by atoms with Gasteiger partial charge in [-0.05, 0) is 61.1 Å². The average Bonchev–Trinajstić information content (AvgIpc) is 3.07. The van der Waals surface area contributed by atoms with Crippen LogP contribution in [-0.2, 0) is 0 Å². The van der Waals surface area contributed by atoms with Gasteiger partial charge in [-0.15, -0.1) is 0 Å². The fraction of sp³-hybridized carbons (Fsp3) is 0.684. The summed E-state index contributed by atoms with van der Waals surface area (Å²) >= 11 is 0. The van der Waals surface area contributed by atoms with Gasteiger partial charge < -0.3 is 10.4 Å². The van der Waals surface area contributed by atoms with Crippen LogP contribution in [-0.4, -0.2) is 11.7 Å². The van der Waals surface area contributed by atoms with Crippen molar-refractivity contribution in [3.05, 3.63) is 28.8 Å². The molecule has 1 aromatic carbocycles. The van der Waals surface area contributed by atoms with E-state index in [9.17, 15) is 5.11 Å². The predicted octanol–water partition coefficient (Wildman–Crippen LogP) is 4.81. The summed E-state index contributed by atoms with van der Waals surface area (Å²) in [6.07, 6.45) is 7.90. The van der Waals surface area contributed by atoms with Crippen molar-refractivity contribution in [2.75, 3.05) is 6.54 Å². The Morgan fingerprint density at radius 3 is 2.62 bits per heavy atom. The van der Waals surface area contributed by atoms with Crippen LogP contribution in [0.1, 0.15) is 81.0 Å². The molecule has 0 saturated heterocycles. The number of rotatable bonds is 4. The maximum absolute atomic E-state index is 10.3. The van der Waals surface area contributed by atoms with Crippen molar-refractivity contribution in [1.29, 1.82) is 0 Å². The first-order valence-corrected chi connectivity index (χ1v) is 8.62. The highest BCUT2D eigenvalue weighted by molar-refractivity contribution is 5.50. The third-order valence-electron chi connectivity index (χ3n) is 6.05. The van der Waals surface area contributed by atoms with E-state index in [2.05, 4.69) is 32.2 Å². The van der Waals surface area contributed by atoms with Crippen molar-refractivity contribution in [3.63, 3.8) is 0 Å². The van der Waals surface area contributed by atoms with Crippen LogP contribution in [0.15, 0.2) is 12.1 Å². The molecule has 2 atom stereocenters. The Hall–Kier alpha value is -1.02. The lowest BCUT2D eigenvalue weighted by molar-refractivity contribution is 0.253. The van der Waals surface area contributed by atoms with E-state index >= 15 is 0 Å². The van der Waals surface area contributed by atoms with Crippen LogP contribution in [0.3, 0.4) is 0 Å². The lowest BCUT2D eigenvalue weighted by atomic mass is 9.83. The SMILES string of the molecule is CCC1(CNC2CC(C)c3c(C)ccc(O)c32)CCCC1. The van der Waals surface area contributed by atoms with Gasteiger partial charge in [0.1, 0.15) is 5.75 Å². The minimum absolute atomic E-state index is 0.332. The van der Waals surface area contributed by atoms with Gasteiger partial charge in [0.15, 0.2) is 0 Å². The van der Waals surface area contributed by atoms with Gasteiger partial charge in [0.05, 0.1) is 0 Å². The molecule has 2 heteroatoms. The van der Waals surface area contributed by atoms with E-state index in [0.717, 1.165) is 13.0 Å². The summed E-state index contributed by atoms with van der Waals surface area (Å²) < 4.78 is 0. The molecule has 2 aliphatic carbocycles. The van der Waals surface area contributed by atoms with Gasteiger partial charge in [-0.25, -0.2) is 0 Å². The van der Waals surface area contributed by atoms with Gasteiger partial charge >= 0.3 is 0 Å². The fourth-order valence-corrected chi connectivity index (χ4v) is 4.65. The first-order valence-electron chi connectivity index (χ1n) is 8.62. The first-order chi connectivity index (χ1) is 10.1. The van der Waals surface area contributed by atoms with Crippen molar-refractivity contribution in [1.82, 2.24) is 5.32 Å². The highest BCUT2D eigenvalue weighted by Crippen LogP contribution is 2.47. The zero-order valence-electron chi connectivity index (χ0n) is 13.7. The largest absolute Gasteiger partial charge is 0.508 e. The van der Waals surface area contributed by atoms with Gasteiger partial charge in [-0.1, -0.05) is 32.8 Å². The lowest BCUT2D eigenvalue weighted by Crippen LogP contribution is -2.33. The van der Waals surface area contributed by atoms with Crippen LogP contribution in [0.5, 0.6) is 5.75 Å². The van der Waals surface area contributed by atoms with Gasteiger partial charge in [0.2, 0.25) is 0 Å². The van der Waals surface area contributed by atoms with E-state index in [4.69, 9.17) is 0 Å². The minimum Gasteiger partial charge on any atom is -0.508 e. The topological polar surface area (TPSA) is 32.3 Å². The number of nitrogens with one attached hydrogen (secondary N) is 1. The average molecular weight is 287 g/mol. The van der Waals surface area contributed by atoms with Crippen molar-refractivity contribution in [3.8, 4) is 5.75 Å². The maximum atomic E-state index is 10.3. The summed E-state index contributed by atoms with van der Waals surface area (Å²) in [6.45, 7) is 7.90. The molecule has 0 aromatic heterocycles. The fourth-order valence-electron chi connectivity index (χ4n) is 4.65. The zero-order valence-corrected chi connectivity index (χ0v) is 13.7. The molecule has 0 radical (unpaired) electrons. The Labute approximate surface area is 129 Å². The standard InChI is InChI=1S/C19H29NO/c1-4-19(9-5-6-10-19)12-20-15-11-14(3)17-13(2)7-8-16(21)18(15)17/h7-8,14-15,20-21H,4-6,9-12H2,1-3H3. The molecule has 1 fully saturated rings. The van der Waals surface area contributed by atoms with Crippen LogP contribution in [0, 0.1) is 12.3 Å². The third-order valence-corrected chi connectivity index (χ3v) is 6.05. The molecule has 0 aliphatic heterocycles. The molecule has 0 heterocycles. The molecule has 3 rings (SSSR count). The van der Waals surface area contributed by atoms with E-state index in [-0.39, 0.29) is 0 Å². The van der Waals surface area contributed by atoms with E-state index in [1.54, 1.807) is 0 Å². The molecule has 2 N–H and O–H groups in total. The number of phenols is 1. The molecule has 2 nitrogen and oxygen atoms in total. The van der Waals surface area contributed by atoms with Crippen LogP contribution in [0.4, 0.5) is 0 Å². The van der Waals surface area contributed by atoms with Gasteiger partial charge in [-0.2, -0.15) is 0 Å². The molecule has 2 aliphatic rings. The number of fused-ring (bicyclic) bond motifs is 1. The molecule has 1 aromatic rings. The number of hydrogen-bond donors (Lipinski definition) is 2. The number of aryl methyl sites for hydroxylation is 1. The number of aromatic hydroxyl groups is 1. The second-order valence-electron chi connectivity index (χ2n) is 7.36. The van der Waals surface area contributed by atoms with Crippen molar-refractivity contribution >= 4 is 0 Å². The molecule has 21 heavy (non-hydrogen) atoms. The van der Waals surface area contributed by atoms with Crippen LogP contribution in [0.2, 0.25) is 0 Å². The van der Waals surface area contributed by atoms with Gasteiger partial charge in [0.25, 0.3) is 0 Å². The normalized spacial score (nSPS) is 27.0. The highest BCUT2D eigenvalue weighted by Gasteiger charge is 2.36. The van der Waals surface area contributed by atoms with Gasteiger partial charge in [0, 0.05) is 18.2 Å². The van der Waals surface area contributed by atoms with Crippen LogP contribution < -0.4 is 5.32 Å². The summed E-state index contributed by atoms with van der Waals surface area (Å²) in [4.78, 5) is 0. The molecular formula is C19H29NO. The monoisotopic (exact) mass is 287 g/mol. The Morgan fingerprint density at radius 1 is 1.24 bits per heavy atom. The Kier molecular flexibility index (Phi) is 4.00. The second kappa shape index (κ2) is 5.64. The maximum Gasteiger partial charge on any atom is 0.120 e. The smallest absolute Gasteiger partial charge is 0.120 e. The third kappa shape index (κ3) is 2.59. The van der Waals surface area contributed by atoms with Crippen LogP contribution in [0.25, 0.3) is 0 Å². The van der Waals surface area contributed by atoms with E-state index in [1.807, 2.05) is 6.07 Å². The Bertz CT molecular complexity index is 517. The Morgan fingerprint density at radius 2 is 1.95 bits per heavy atom. The number of hydrogen-bond acceptors (Lipinski definition) is 2. The summed E-state index contributed by atoms with van der Waals surface area (Å²) in [5.41, 5.74) is 4.38.